The Bertz CT molecular complexity index is 202. The first kappa shape index (κ1) is 11.3. The lowest BCUT2D eigenvalue weighted by Crippen LogP contribution is -2.44. The highest BCUT2D eigenvalue weighted by molar-refractivity contribution is 4.89. The van der Waals surface area contributed by atoms with Crippen molar-refractivity contribution in [3.05, 3.63) is 0 Å². The van der Waals surface area contributed by atoms with Crippen molar-refractivity contribution in [2.75, 3.05) is 32.8 Å². The summed E-state index contributed by atoms with van der Waals surface area (Å²) in [6.07, 6.45) is 3.77. The van der Waals surface area contributed by atoms with E-state index in [1.165, 1.54) is 19.3 Å². The summed E-state index contributed by atoms with van der Waals surface area (Å²) in [5.74, 6) is 0. The van der Waals surface area contributed by atoms with E-state index < -0.39 is 6.17 Å². The van der Waals surface area contributed by atoms with E-state index in [1.54, 1.807) is 6.92 Å². The van der Waals surface area contributed by atoms with Crippen LogP contribution < -0.4 is 0 Å². The molecule has 0 aromatic carbocycles. The van der Waals surface area contributed by atoms with Gasteiger partial charge < -0.3 is 9.64 Å². The number of likely N-dealkylation sites (tertiary alicyclic amines) is 1. The van der Waals surface area contributed by atoms with Crippen LogP contribution in [0.2, 0.25) is 0 Å². The molecular formula is C12H22FNO. The zero-order chi connectivity index (χ0) is 10.7. The summed E-state index contributed by atoms with van der Waals surface area (Å²) in [4.78, 5) is 2.42. The number of rotatable bonds is 3. The van der Waals surface area contributed by atoms with E-state index in [0.717, 1.165) is 32.8 Å². The monoisotopic (exact) mass is 215 g/mol. The molecule has 1 spiro atoms. The highest BCUT2D eigenvalue weighted by atomic mass is 19.1. The Hall–Kier alpha value is -0.150. The number of ether oxygens (including phenoxy) is 1. The fraction of sp³-hybridized carbons (Fsp3) is 1.00. The normalized spacial score (nSPS) is 34.8. The maximum Gasteiger partial charge on any atom is 0.0985 e. The predicted octanol–water partition coefficient (Wildman–Crippen LogP) is 2.24. The van der Waals surface area contributed by atoms with E-state index in [0.29, 0.717) is 11.8 Å². The van der Waals surface area contributed by atoms with Gasteiger partial charge in [0.1, 0.15) is 0 Å². The molecular weight excluding hydrogens is 193 g/mol. The molecule has 3 heteroatoms. The fourth-order valence-corrected chi connectivity index (χ4v) is 2.83. The largest absolute Gasteiger partial charge is 0.381 e. The van der Waals surface area contributed by atoms with Crippen LogP contribution in [0, 0.1) is 5.41 Å². The molecule has 0 saturated carbocycles. The number of hydrogen-bond donors (Lipinski definition) is 0. The van der Waals surface area contributed by atoms with Gasteiger partial charge in [-0.2, -0.15) is 0 Å². The summed E-state index contributed by atoms with van der Waals surface area (Å²) in [5, 5.41) is 0. The molecule has 0 amide bonds. The first-order valence-electron chi connectivity index (χ1n) is 6.14. The summed E-state index contributed by atoms with van der Waals surface area (Å²) < 4.78 is 18.3. The lowest BCUT2D eigenvalue weighted by Gasteiger charge is -2.39. The first-order chi connectivity index (χ1) is 7.20. The van der Waals surface area contributed by atoms with Crippen LogP contribution in [0.1, 0.15) is 32.6 Å². The van der Waals surface area contributed by atoms with E-state index in [1.807, 2.05) is 0 Å². The van der Waals surface area contributed by atoms with E-state index in [-0.39, 0.29) is 0 Å². The maximum atomic E-state index is 12.8. The van der Waals surface area contributed by atoms with E-state index in [2.05, 4.69) is 4.90 Å². The van der Waals surface area contributed by atoms with Crippen molar-refractivity contribution in [3.63, 3.8) is 0 Å². The van der Waals surface area contributed by atoms with Gasteiger partial charge >= 0.3 is 0 Å². The quantitative estimate of drug-likeness (QED) is 0.716. The van der Waals surface area contributed by atoms with Gasteiger partial charge in [0, 0.05) is 25.1 Å². The first-order valence-corrected chi connectivity index (χ1v) is 6.14. The lowest BCUT2D eigenvalue weighted by atomic mass is 9.79. The second-order valence-electron chi connectivity index (χ2n) is 5.25. The molecule has 15 heavy (non-hydrogen) atoms. The van der Waals surface area contributed by atoms with Gasteiger partial charge in [0.15, 0.2) is 0 Å². The Kier molecular flexibility index (Phi) is 3.62. The summed E-state index contributed by atoms with van der Waals surface area (Å²) in [6, 6.07) is 0. The smallest absolute Gasteiger partial charge is 0.0985 e. The minimum absolute atomic E-state index is 0.414. The van der Waals surface area contributed by atoms with Crippen LogP contribution in [-0.2, 0) is 4.74 Å². The molecule has 2 aliphatic heterocycles. The number of hydrogen-bond acceptors (Lipinski definition) is 2. The number of piperidine rings is 1. The number of halogens is 1. The highest BCUT2D eigenvalue weighted by Gasteiger charge is 2.38. The van der Waals surface area contributed by atoms with E-state index in [9.17, 15) is 4.39 Å². The fourth-order valence-electron chi connectivity index (χ4n) is 2.83. The third-order valence-corrected chi connectivity index (χ3v) is 3.77. The van der Waals surface area contributed by atoms with Gasteiger partial charge in [-0.05, 0) is 39.2 Å². The average Bonchev–Trinajstić information content (AvgIpc) is 2.63. The average molecular weight is 215 g/mol. The Morgan fingerprint density at radius 3 is 3.00 bits per heavy atom. The molecule has 2 atom stereocenters. The van der Waals surface area contributed by atoms with Crippen molar-refractivity contribution in [2.45, 2.75) is 38.8 Å². The van der Waals surface area contributed by atoms with Crippen molar-refractivity contribution >= 4 is 0 Å². The van der Waals surface area contributed by atoms with Gasteiger partial charge in [-0.15, -0.1) is 0 Å². The Balaban J connectivity index is 1.81. The van der Waals surface area contributed by atoms with Crippen LogP contribution in [0.25, 0.3) is 0 Å². The third kappa shape index (κ3) is 2.91. The van der Waals surface area contributed by atoms with Gasteiger partial charge in [-0.3, -0.25) is 0 Å². The topological polar surface area (TPSA) is 12.5 Å². The van der Waals surface area contributed by atoms with Gasteiger partial charge in [0.25, 0.3) is 0 Å². The van der Waals surface area contributed by atoms with Crippen molar-refractivity contribution in [2.24, 2.45) is 5.41 Å². The van der Waals surface area contributed by atoms with Crippen LogP contribution in [-0.4, -0.2) is 43.9 Å². The molecule has 2 nitrogen and oxygen atoms in total. The maximum absolute atomic E-state index is 12.8. The van der Waals surface area contributed by atoms with Crippen molar-refractivity contribution < 1.29 is 9.13 Å². The third-order valence-electron chi connectivity index (χ3n) is 3.77. The van der Waals surface area contributed by atoms with E-state index in [4.69, 9.17) is 4.74 Å². The van der Waals surface area contributed by atoms with Gasteiger partial charge in [0.2, 0.25) is 0 Å². The molecule has 2 rings (SSSR count). The molecule has 88 valence electrons. The van der Waals surface area contributed by atoms with Crippen LogP contribution in [0.5, 0.6) is 0 Å². The van der Waals surface area contributed by atoms with Crippen molar-refractivity contribution in [1.82, 2.24) is 4.90 Å². The minimum Gasteiger partial charge on any atom is -0.381 e. The summed E-state index contributed by atoms with van der Waals surface area (Å²) in [5.41, 5.74) is 0.414. The second-order valence-corrected chi connectivity index (χ2v) is 5.25. The van der Waals surface area contributed by atoms with Crippen LogP contribution in [0.4, 0.5) is 4.39 Å². The summed E-state index contributed by atoms with van der Waals surface area (Å²) in [7, 11) is 0. The molecule has 0 aliphatic carbocycles. The molecule has 0 unspecified atom stereocenters. The molecule has 2 saturated heterocycles. The van der Waals surface area contributed by atoms with Crippen molar-refractivity contribution in [3.8, 4) is 0 Å². The Labute approximate surface area is 91.8 Å². The van der Waals surface area contributed by atoms with Crippen LogP contribution in [0.3, 0.4) is 0 Å². The molecule has 0 bridgehead atoms. The van der Waals surface area contributed by atoms with Gasteiger partial charge in [-0.25, -0.2) is 4.39 Å². The molecule has 2 aliphatic rings. The number of alkyl halides is 1. The highest BCUT2D eigenvalue weighted by Crippen LogP contribution is 2.37. The molecule has 0 aromatic rings. The van der Waals surface area contributed by atoms with Crippen molar-refractivity contribution in [1.29, 1.82) is 0 Å². The number of nitrogens with zero attached hydrogens (tertiary/aromatic N) is 1. The zero-order valence-electron chi connectivity index (χ0n) is 9.67. The standard InChI is InChI=1S/C12H22FNO/c1-11(13)3-7-14-6-2-4-12(9-14)5-8-15-10-12/h11H,2-10H2,1H3/t11-,12+/m1/s1. The van der Waals surface area contributed by atoms with Gasteiger partial charge in [0.05, 0.1) is 12.8 Å². The Morgan fingerprint density at radius 2 is 2.33 bits per heavy atom. The zero-order valence-corrected chi connectivity index (χ0v) is 9.67. The molecule has 2 fully saturated rings. The Morgan fingerprint density at radius 1 is 1.47 bits per heavy atom. The molecule has 2 heterocycles. The minimum atomic E-state index is -0.664. The molecule has 0 N–H and O–H groups in total. The molecule has 0 radical (unpaired) electrons. The van der Waals surface area contributed by atoms with E-state index >= 15 is 0 Å². The van der Waals surface area contributed by atoms with Crippen LogP contribution in [0.15, 0.2) is 0 Å². The predicted molar refractivity (Wildman–Crippen MR) is 58.7 cm³/mol. The lowest BCUT2D eigenvalue weighted by molar-refractivity contribution is 0.0644. The summed E-state index contributed by atoms with van der Waals surface area (Å²) >= 11 is 0. The van der Waals surface area contributed by atoms with Gasteiger partial charge in [-0.1, -0.05) is 0 Å². The summed E-state index contributed by atoms with van der Waals surface area (Å²) in [6.45, 7) is 6.69. The van der Waals surface area contributed by atoms with Crippen LogP contribution >= 0.6 is 0 Å². The molecule has 0 aromatic heterocycles. The second kappa shape index (κ2) is 4.79. The SMILES string of the molecule is C[C@@H](F)CCN1CCC[C@]2(CCOC2)C1.